The predicted octanol–water partition coefficient (Wildman–Crippen LogP) is 3.07. The molecule has 0 spiro atoms. The van der Waals surface area contributed by atoms with Gasteiger partial charge in [-0.15, -0.1) is 4.83 Å². The number of nitrogens with one attached hydrogen (secondary N) is 3. The average Bonchev–Trinajstić information content (AvgIpc) is 2.64. The molecule has 0 aliphatic rings. The molecule has 0 saturated carbocycles. The SMILES string of the molecule is Cc1ccc(S(=O)(=O)NNc2ncnc(Nc3ccccc3Cl)c2N)cc1. The minimum absolute atomic E-state index is 0.107. The van der Waals surface area contributed by atoms with E-state index in [0.29, 0.717) is 10.7 Å². The van der Waals surface area contributed by atoms with Crippen molar-refractivity contribution in [3.05, 3.63) is 65.4 Å². The number of rotatable bonds is 6. The highest BCUT2D eigenvalue weighted by atomic mass is 35.5. The first-order chi connectivity index (χ1) is 12.9. The summed E-state index contributed by atoms with van der Waals surface area (Å²) in [5, 5.41) is 3.48. The minimum Gasteiger partial charge on any atom is -0.393 e. The van der Waals surface area contributed by atoms with Gasteiger partial charge in [0.25, 0.3) is 10.0 Å². The molecule has 5 N–H and O–H groups in total. The largest absolute Gasteiger partial charge is 0.393 e. The third-order valence-electron chi connectivity index (χ3n) is 3.65. The first-order valence-corrected chi connectivity index (χ1v) is 9.69. The van der Waals surface area contributed by atoms with E-state index in [9.17, 15) is 8.42 Å². The zero-order chi connectivity index (χ0) is 19.4. The van der Waals surface area contributed by atoms with Crippen molar-refractivity contribution in [1.82, 2.24) is 14.8 Å². The van der Waals surface area contributed by atoms with Crippen molar-refractivity contribution in [3.63, 3.8) is 0 Å². The summed E-state index contributed by atoms with van der Waals surface area (Å²) in [5.74, 6) is 0.394. The first kappa shape index (κ1) is 18.9. The summed E-state index contributed by atoms with van der Waals surface area (Å²) in [6.07, 6.45) is 1.25. The molecule has 0 bridgehead atoms. The number of hydrazine groups is 1. The summed E-state index contributed by atoms with van der Waals surface area (Å²) in [6, 6.07) is 13.5. The molecular formula is C17H17ClN6O2S. The number of para-hydroxylation sites is 1. The van der Waals surface area contributed by atoms with Crippen molar-refractivity contribution in [1.29, 1.82) is 0 Å². The molecule has 1 heterocycles. The van der Waals surface area contributed by atoms with E-state index in [1.54, 1.807) is 36.4 Å². The van der Waals surface area contributed by atoms with Crippen LogP contribution in [0.5, 0.6) is 0 Å². The Morgan fingerprint density at radius 2 is 1.67 bits per heavy atom. The Balaban J connectivity index is 1.78. The Hall–Kier alpha value is -2.88. The Kier molecular flexibility index (Phi) is 5.45. The molecule has 0 radical (unpaired) electrons. The van der Waals surface area contributed by atoms with Crippen LogP contribution < -0.4 is 21.3 Å². The number of nitrogens with zero attached hydrogens (tertiary/aromatic N) is 2. The number of halogens is 1. The first-order valence-electron chi connectivity index (χ1n) is 7.83. The smallest absolute Gasteiger partial charge is 0.257 e. The Morgan fingerprint density at radius 3 is 2.37 bits per heavy atom. The van der Waals surface area contributed by atoms with Crippen LogP contribution in [0.2, 0.25) is 5.02 Å². The predicted molar refractivity (Wildman–Crippen MR) is 106 cm³/mol. The molecule has 3 aromatic rings. The lowest BCUT2D eigenvalue weighted by molar-refractivity contribution is 0.587. The van der Waals surface area contributed by atoms with Crippen molar-refractivity contribution < 1.29 is 8.42 Å². The summed E-state index contributed by atoms with van der Waals surface area (Å²) in [6.45, 7) is 1.87. The molecule has 0 aliphatic carbocycles. The number of aryl methyl sites for hydroxylation is 1. The van der Waals surface area contributed by atoms with Gasteiger partial charge in [-0.3, -0.25) is 5.43 Å². The average molecular weight is 405 g/mol. The molecule has 0 fully saturated rings. The third-order valence-corrected chi connectivity index (χ3v) is 5.24. The highest BCUT2D eigenvalue weighted by Gasteiger charge is 2.15. The number of nitrogen functional groups attached to an aromatic ring is 1. The molecule has 27 heavy (non-hydrogen) atoms. The Morgan fingerprint density at radius 1 is 1.00 bits per heavy atom. The maximum Gasteiger partial charge on any atom is 0.257 e. The van der Waals surface area contributed by atoms with Crippen LogP contribution in [0.15, 0.2) is 59.8 Å². The van der Waals surface area contributed by atoms with Crippen molar-refractivity contribution in [2.75, 3.05) is 16.5 Å². The van der Waals surface area contributed by atoms with Gasteiger partial charge < -0.3 is 11.1 Å². The molecule has 0 atom stereocenters. The van der Waals surface area contributed by atoms with Crippen LogP contribution in [0.3, 0.4) is 0 Å². The quantitative estimate of drug-likeness (QED) is 0.465. The third kappa shape index (κ3) is 4.45. The van der Waals surface area contributed by atoms with Gasteiger partial charge in [-0.25, -0.2) is 18.4 Å². The van der Waals surface area contributed by atoms with Crippen LogP contribution in [0.25, 0.3) is 0 Å². The Labute approximate surface area is 161 Å². The lowest BCUT2D eigenvalue weighted by atomic mass is 10.2. The minimum atomic E-state index is -3.79. The van der Waals surface area contributed by atoms with Crippen LogP contribution in [0, 0.1) is 6.92 Å². The normalized spacial score (nSPS) is 11.2. The van der Waals surface area contributed by atoms with Gasteiger partial charge in [0.05, 0.1) is 15.6 Å². The number of sulfonamides is 1. The number of anilines is 4. The molecule has 0 aliphatic heterocycles. The molecule has 1 aromatic heterocycles. The van der Waals surface area contributed by atoms with Crippen LogP contribution in [0.1, 0.15) is 5.56 Å². The van der Waals surface area contributed by atoms with Gasteiger partial charge >= 0.3 is 0 Å². The number of benzene rings is 2. The standard InChI is InChI=1S/C17H17ClN6O2S/c1-11-6-8-12(9-7-11)27(25,26)24-23-17-15(19)16(20-10-21-17)22-14-5-3-2-4-13(14)18/h2-10,24H,19H2,1H3,(H2,20,21,22,23). The monoisotopic (exact) mass is 404 g/mol. The summed E-state index contributed by atoms with van der Waals surface area (Å²) in [7, 11) is -3.79. The zero-order valence-electron chi connectivity index (χ0n) is 14.3. The second-order valence-corrected chi connectivity index (χ2v) is 7.72. The zero-order valence-corrected chi connectivity index (χ0v) is 15.8. The highest BCUT2D eigenvalue weighted by molar-refractivity contribution is 7.89. The van der Waals surface area contributed by atoms with Gasteiger partial charge in [-0.05, 0) is 31.2 Å². The number of aromatic nitrogens is 2. The van der Waals surface area contributed by atoms with Crippen LogP contribution in [-0.4, -0.2) is 18.4 Å². The summed E-state index contributed by atoms with van der Waals surface area (Å²) >= 11 is 6.11. The lowest BCUT2D eigenvalue weighted by Crippen LogP contribution is -2.30. The fourth-order valence-electron chi connectivity index (χ4n) is 2.18. The van der Waals surface area contributed by atoms with Crippen molar-refractivity contribution in [2.24, 2.45) is 0 Å². The van der Waals surface area contributed by atoms with E-state index in [-0.39, 0.29) is 22.2 Å². The maximum atomic E-state index is 12.4. The fourth-order valence-corrected chi connectivity index (χ4v) is 3.20. The van der Waals surface area contributed by atoms with E-state index >= 15 is 0 Å². The molecule has 8 nitrogen and oxygen atoms in total. The van der Waals surface area contributed by atoms with Crippen molar-refractivity contribution in [2.45, 2.75) is 11.8 Å². The van der Waals surface area contributed by atoms with Gasteiger partial charge in [0.1, 0.15) is 12.0 Å². The molecule has 0 saturated heterocycles. The van der Waals surface area contributed by atoms with E-state index in [0.717, 1.165) is 5.56 Å². The van der Waals surface area contributed by atoms with E-state index in [1.807, 2.05) is 6.92 Å². The van der Waals surface area contributed by atoms with Crippen molar-refractivity contribution >= 4 is 44.6 Å². The van der Waals surface area contributed by atoms with Crippen LogP contribution in [0.4, 0.5) is 23.0 Å². The van der Waals surface area contributed by atoms with Gasteiger partial charge in [0.2, 0.25) is 0 Å². The molecule has 0 amide bonds. The fraction of sp³-hybridized carbons (Fsp3) is 0.0588. The van der Waals surface area contributed by atoms with E-state index in [1.165, 1.54) is 18.5 Å². The van der Waals surface area contributed by atoms with Gasteiger partial charge in [0, 0.05) is 0 Å². The molecular weight excluding hydrogens is 388 g/mol. The summed E-state index contributed by atoms with van der Waals surface area (Å²) in [5.41, 5.74) is 10.3. The molecule has 0 unspecified atom stereocenters. The number of hydrogen-bond acceptors (Lipinski definition) is 7. The summed E-state index contributed by atoms with van der Waals surface area (Å²) < 4.78 is 24.7. The van der Waals surface area contributed by atoms with Gasteiger partial charge in [0.15, 0.2) is 11.6 Å². The van der Waals surface area contributed by atoms with E-state index in [2.05, 4.69) is 25.5 Å². The number of nitrogens with two attached hydrogens (primary N) is 1. The van der Waals surface area contributed by atoms with Gasteiger partial charge in [-0.2, -0.15) is 0 Å². The highest BCUT2D eigenvalue weighted by Crippen LogP contribution is 2.29. The van der Waals surface area contributed by atoms with Crippen LogP contribution >= 0.6 is 11.6 Å². The van der Waals surface area contributed by atoms with E-state index < -0.39 is 10.0 Å². The maximum absolute atomic E-state index is 12.4. The Bertz CT molecular complexity index is 1060. The molecule has 140 valence electrons. The molecule has 3 rings (SSSR count). The van der Waals surface area contributed by atoms with Gasteiger partial charge in [-0.1, -0.05) is 41.4 Å². The van der Waals surface area contributed by atoms with E-state index in [4.69, 9.17) is 17.3 Å². The molecule has 10 heteroatoms. The van der Waals surface area contributed by atoms with Crippen LogP contribution in [-0.2, 0) is 10.0 Å². The van der Waals surface area contributed by atoms with Crippen molar-refractivity contribution in [3.8, 4) is 0 Å². The molecule has 2 aromatic carbocycles. The number of hydrogen-bond donors (Lipinski definition) is 4. The summed E-state index contributed by atoms with van der Waals surface area (Å²) in [4.78, 5) is 10.4. The second kappa shape index (κ2) is 7.78. The topological polar surface area (TPSA) is 122 Å². The lowest BCUT2D eigenvalue weighted by Gasteiger charge is -2.14. The second-order valence-electron chi connectivity index (χ2n) is 5.63.